The van der Waals surface area contributed by atoms with E-state index in [1.807, 2.05) is 6.07 Å². The molecule has 124 valence electrons. The highest BCUT2D eigenvalue weighted by molar-refractivity contribution is 6.32. The molecule has 0 aliphatic carbocycles. The zero-order valence-electron chi connectivity index (χ0n) is 12.3. The second-order valence-electron chi connectivity index (χ2n) is 5.42. The fraction of sp³-hybridized carbons (Fsp3) is 0.267. The van der Waals surface area contributed by atoms with Gasteiger partial charge in [-0.2, -0.15) is 23.5 Å². The quantitative estimate of drug-likeness (QED) is 0.776. The molecule has 9 heteroatoms. The van der Waals surface area contributed by atoms with Crippen molar-refractivity contribution in [3.05, 3.63) is 40.5 Å². The summed E-state index contributed by atoms with van der Waals surface area (Å²) in [6, 6.07) is 4.75. The summed E-state index contributed by atoms with van der Waals surface area (Å²) in [6.45, 7) is 2.15. The maximum atomic E-state index is 12.7. The van der Waals surface area contributed by atoms with Gasteiger partial charge in [-0.3, -0.25) is 9.69 Å². The number of benzene rings is 1. The van der Waals surface area contributed by atoms with Crippen molar-refractivity contribution in [2.24, 2.45) is 5.92 Å². The second kappa shape index (κ2) is 5.53. The van der Waals surface area contributed by atoms with E-state index in [1.54, 1.807) is 6.92 Å². The zero-order chi connectivity index (χ0) is 17.6. The number of alkyl halides is 3. The van der Waals surface area contributed by atoms with Gasteiger partial charge in [-0.05, 0) is 18.2 Å². The molecule has 0 saturated carbocycles. The Morgan fingerprint density at radius 1 is 1.42 bits per heavy atom. The fourth-order valence-electron chi connectivity index (χ4n) is 2.50. The summed E-state index contributed by atoms with van der Waals surface area (Å²) in [5, 5.41) is 13.0. The van der Waals surface area contributed by atoms with E-state index in [2.05, 4.69) is 5.10 Å². The summed E-state index contributed by atoms with van der Waals surface area (Å²) in [5.41, 5.74) is -0.584. The van der Waals surface area contributed by atoms with Crippen LogP contribution in [-0.4, -0.2) is 22.2 Å². The number of halogens is 4. The number of aromatic nitrogens is 2. The highest BCUT2D eigenvalue weighted by atomic mass is 35.5. The lowest BCUT2D eigenvalue weighted by atomic mass is 10.0. The Labute approximate surface area is 139 Å². The van der Waals surface area contributed by atoms with Crippen molar-refractivity contribution in [1.82, 2.24) is 9.78 Å². The molecule has 2 aromatic rings. The lowest BCUT2D eigenvalue weighted by Crippen LogP contribution is -2.52. The Hall–Kier alpha value is -2.53. The first-order valence-corrected chi connectivity index (χ1v) is 7.28. The molecule has 1 fully saturated rings. The van der Waals surface area contributed by atoms with Gasteiger partial charge in [0.05, 0.1) is 28.4 Å². The first-order valence-electron chi connectivity index (χ1n) is 6.90. The van der Waals surface area contributed by atoms with Gasteiger partial charge < -0.3 is 0 Å². The Kier molecular flexibility index (Phi) is 3.76. The molecular formula is C15H10ClF3N4O. The normalized spacial score (nSPS) is 17.6. The van der Waals surface area contributed by atoms with Gasteiger partial charge in [-0.25, -0.2) is 4.68 Å². The standard InChI is InChI=1S/C15H10ClF3N4O/c1-8-7-22(14(8)24)13-9(5-20)6-21-23(13)12-3-2-10(4-11(12)16)15(17,18)19/h2-4,6,8H,7H2,1H3. The molecule has 0 bridgehead atoms. The van der Waals surface area contributed by atoms with E-state index in [0.29, 0.717) is 6.54 Å². The van der Waals surface area contributed by atoms with E-state index in [1.165, 1.54) is 15.8 Å². The van der Waals surface area contributed by atoms with Gasteiger partial charge in [0.15, 0.2) is 5.82 Å². The number of rotatable bonds is 2. The van der Waals surface area contributed by atoms with Crippen molar-refractivity contribution in [2.75, 3.05) is 11.4 Å². The Balaban J connectivity index is 2.10. The van der Waals surface area contributed by atoms with Crippen LogP contribution in [0.2, 0.25) is 5.02 Å². The van der Waals surface area contributed by atoms with Crippen LogP contribution in [0.25, 0.3) is 5.69 Å². The highest BCUT2D eigenvalue weighted by Crippen LogP contribution is 2.36. The average molecular weight is 355 g/mol. The lowest BCUT2D eigenvalue weighted by Gasteiger charge is -2.36. The third-order valence-corrected chi connectivity index (χ3v) is 4.07. The summed E-state index contributed by atoms with van der Waals surface area (Å²) in [5.74, 6) is -0.151. The summed E-state index contributed by atoms with van der Waals surface area (Å²) >= 11 is 5.98. The van der Waals surface area contributed by atoms with Gasteiger partial charge >= 0.3 is 6.18 Å². The number of nitrogens with zero attached hydrogens (tertiary/aromatic N) is 4. The number of amides is 1. The predicted octanol–water partition coefficient (Wildman–Crippen LogP) is 3.40. The van der Waals surface area contributed by atoms with Crippen molar-refractivity contribution in [3.63, 3.8) is 0 Å². The van der Waals surface area contributed by atoms with Crippen molar-refractivity contribution >= 4 is 23.3 Å². The van der Waals surface area contributed by atoms with Crippen LogP contribution in [0, 0.1) is 17.2 Å². The van der Waals surface area contributed by atoms with Crippen LogP contribution in [0.3, 0.4) is 0 Å². The van der Waals surface area contributed by atoms with Crippen molar-refractivity contribution in [2.45, 2.75) is 13.1 Å². The molecule has 5 nitrogen and oxygen atoms in total. The van der Waals surface area contributed by atoms with Crippen molar-refractivity contribution < 1.29 is 18.0 Å². The van der Waals surface area contributed by atoms with E-state index in [9.17, 15) is 23.2 Å². The minimum atomic E-state index is -4.52. The van der Waals surface area contributed by atoms with Crippen LogP contribution in [0.15, 0.2) is 24.4 Å². The molecule has 1 unspecified atom stereocenters. The summed E-state index contributed by atoms with van der Waals surface area (Å²) < 4.78 is 39.5. The maximum absolute atomic E-state index is 12.7. The molecule has 24 heavy (non-hydrogen) atoms. The molecule has 1 amide bonds. The van der Waals surface area contributed by atoms with Crippen LogP contribution >= 0.6 is 11.6 Å². The molecule has 1 aromatic heterocycles. The van der Waals surface area contributed by atoms with Crippen LogP contribution < -0.4 is 4.90 Å². The molecule has 1 aliphatic rings. The topological polar surface area (TPSA) is 61.9 Å². The SMILES string of the molecule is CC1CN(c2c(C#N)cnn2-c2ccc(C(F)(F)F)cc2Cl)C1=O. The first kappa shape index (κ1) is 16.3. The van der Waals surface area contributed by atoms with E-state index >= 15 is 0 Å². The number of hydrogen-bond acceptors (Lipinski definition) is 3. The van der Waals surface area contributed by atoms with Crippen LogP contribution in [0.5, 0.6) is 0 Å². The third-order valence-electron chi connectivity index (χ3n) is 3.77. The molecular weight excluding hydrogens is 345 g/mol. The van der Waals surface area contributed by atoms with Crippen molar-refractivity contribution in [3.8, 4) is 11.8 Å². The first-order chi connectivity index (χ1) is 11.2. The van der Waals surface area contributed by atoms with Crippen LogP contribution in [0.4, 0.5) is 19.0 Å². The molecule has 0 spiro atoms. The Morgan fingerprint density at radius 2 is 2.12 bits per heavy atom. The summed E-state index contributed by atoms with van der Waals surface area (Å²) in [7, 11) is 0. The van der Waals surface area contributed by atoms with E-state index < -0.39 is 11.7 Å². The number of carbonyl (C=O) groups is 1. The number of β-lactam (4-membered cyclic amide) rings is 1. The van der Waals surface area contributed by atoms with E-state index in [0.717, 1.165) is 18.2 Å². The second-order valence-corrected chi connectivity index (χ2v) is 5.83. The monoisotopic (exact) mass is 354 g/mol. The largest absolute Gasteiger partial charge is 0.416 e. The molecule has 1 aromatic carbocycles. The van der Waals surface area contributed by atoms with Gasteiger partial charge in [0, 0.05) is 6.54 Å². The van der Waals surface area contributed by atoms with Crippen LogP contribution in [0.1, 0.15) is 18.1 Å². The molecule has 1 atom stereocenters. The van der Waals surface area contributed by atoms with E-state index in [4.69, 9.17) is 11.6 Å². The van der Waals surface area contributed by atoms with Gasteiger partial charge in [0.2, 0.25) is 5.91 Å². The number of carbonyl (C=O) groups excluding carboxylic acids is 1. The zero-order valence-corrected chi connectivity index (χ0v) is 13.1. The fourth-order valence-corrected chi connectivity index (χ4v) is 2.76. The summed E-state index contributed by atoms with van der Waals surface area (Å²) in [4.78, 5) is 13.3. The Bertz CT molecular complexity index is 869. The molecule has 3 rings (SSSR count). The van der Waals surface area contributed by atoms with Gasteiger partial charge in [-0.1, -0.05) is 18.5 Å². The maximum Gasteiger partial charge on any atom is 0.416 e. The predicted molar refractivity (Wildman–Crippen MR) is 79.8 cm³/mol. The third kappa shape index (κ3) is 2.51. The number of hydrogen-bond donors (Lipinski definition) is 0. The lowest BCUT2D eigenvalue weighted by molar-refractivity contribution is -0.137. The van der Waals surface area contributed by atoms with Crippen LogP contribution in [-0.2, 0) is 11.0 Å². The number of anilines is 1. The smallest absolute Gasteiger partial charge is 0.295 e. The average Bonchev–Trinajstić information content (AvgIpc) is 2.94. The molecule has 1 saturated heterocycles. The Morgan fingerprint density at radius 3 is 2.62 bits per heavy atom. The number of nitriles is 1. The summed E-state index contributed by atoms with van der Waals surface area (Å²) in [6.07, 6.45) is -3.27. The molecule has 0 radical (unpaired) electrons. The van der Waals surface area contributed by atoms with E-state index in [-0.39, 0.29) is 33.9 Å². The molecule has 1 aliphatic heterocycles. The molecule has 0 N–H and O–H groups in total. The van der Waals surface area contributed by atoms with Crippen molar-refractivity contribution in [1.29, 1.82) is 5.26 Å². The van der Waals surface area contributed by atoms with Gasteiger partial charge in [-0.15, -0.1) is 0 Å². The molecule has 2 heterocycles. The minimum absolute atomic E-state index is 0.145. The minimum Gasteiger partial charge on any atom is -0.295 e. The van der Waals surface area contributed by atoms with Gasteiger partial charge in [0.1, 0.15) is 11.6 Å². The highest BCUT2D eigenvalue weighted by Gasteiger charge is 2.38. The van der Waals surface area contributed by atoms with Gasteiger partial charge in [0.25, 0.3) is 0 Å².